The second-order valence-electron chi connectivity index (χ2n) is 3.46. The number of aryl methyl sites for hydroxylation is 1. The van der Waals surface area contributed by atoms with E-state index in [0.717, 1.165) is 6.42 Å². The van der Waals surface area contributed by atoms with E-state index in [1.807, 2.05) is 0 Å². The van der Waals surface area contributed by atoms with Gasteiger partial charge < -0.3 is 5.73 Å². The average Bonchev–Trinajstić information content (AvgIpc) is 2.74. The number of tetrazole rings is 1. The third-order valence-electron chi connectivity index (χ3n) is 2.29. The first-order valence-corrected chi connectivity index (χ1v) is 5.94. The number of benzene rings is 1. The first-order valence-electron chi connectivity index (χ1n) is 5.14. The number of halogens is 2. The van der Waals surface area contributed by atoms with Gasteiger partial charge in [0.15, 0.2) is 5.82 Å². The van der Waals surface area contributed by atoms with Gasteiger partial charge >= 0.3 is 0 Å². The van der Waals surface area contributed by atoms with Crippen LogP contribution in [0, 0.1) is 5.82 Å². The van der Waals surface area contributed by atoms with Crippen molar-refractivity contribution in [2.45, 2.75) is 13.0 Å². The van der Waals surface area contributed by atoms with Crippen LogP contribution in [0.1, 0.15) is 6.42 Å². The lowest BCUT2D eigenvalue weighted by atomic mass is 10.2. The van der Waals surface area contributed by atoms with Crippen LogP contribution in [0.5, 0.6) is 0 Å². The van der Waals surface area contributed by atoms with Gasteiger partial charge in [0.2, 0.25) is 0 Å². The molecule has 0 fully saturated rings. The van der Waals surface area contributed by atoms with Crippen LogP contribution in [-0.4, -0.2) is 26.8 Å². The molecule has 0 amide bonds. The van der Waals surface area contributed by atoms with Crippen LogP contribution in [0.15, 0.2) is 22.7 Å². The molecule has 5 nitrogen and oxygen atoms in total. The summed E-state index contributed by atoms with van der Waals surface area (Å²) in [7, 11) is 0. The monoisotopic (exact) mass is 299 g/mol. The summed E-state index contributed by atoms with van der Waals surface area (Å²) in [5, 5.41) is 11.2. The Kier molecular flexibility index (Phi) is 3.80. The van der Waals surface area contributed by atoms with Crippen LogP contribution in [0.2, 0.25) is 0 Å². The van der Waals surface area contributed by atoms with Gasteiger partial charge in [-0.1, -0.05) is 6.07 Å². The van der Waals surface area contributed by atoms with Gasteiger partial charge in [-0.15, -0.1) is 5.10 Å². The molecule has 0 aliphatic rings. The minimum absolute atomic E-state index is 0.358. The number of aromatic nitrogens is 4. The first kappa shape index (κ1) is 12.1. The highest BCUT2D eigenvalue weighted by Crippen LogP contribution is 2.28. The van der Waals surface area contributed by atoms with Crippen molar-refractivity contribution in [3.05, 3.63) is 28.5 Å². The highest BCUT2D eigenvalue weighted by molar-refractivity contribution is 9.10. The van der Waals surface area contributed by atoms with Crippen LogP contribution in [-0.2, 0) is 6.54 Å². The van der Waals surface area contributed by atoms with E-state index < -0.39 is 0 Å². The van der Waals surface area contributed by atoms with Crippen molar-refractivity contribution in [2.75, 3.05) is 6.54 Å². The molecular weight excluding hydrogens is 289 g/mol. The van der Waals surface area contributed by atoms with E-state index in [1.165, 1.54) is 6.07 Å². The van der Waals surface area contributed by atoms with E-state index in [-0.39, 0.29) is 5.82 Å². The zero-order chi connectivity index (χ0) is 12.3. The van der Waals surface area contributed by atoms with Gasteiger partial charge in [-0.25, -0.2) is 9.07 Å². The predicted octanol–water partition coefficient (Wildman–Crippen LogP) is 1.59. The van der Waals surface area contributed by atoms with Crippen molar-refractivity contribution in [2.24, 2.45) is 5.73 Å². The Balaban J connectivity index is 2.43. The highest BCUT2D eigenvalue weighted by Gasteiger charge is 2.16. The summed E-state index contributed by atoms with van der Waals surface area (Å²) in [5.41, 5.74) is 5.80. The molecule has 0 bridgehead atoms. The fourth-order valence-electron chi connectivity index (χ4n) is 1.49. The summed E-state index contributed by atoms with van der Waals surface area (Å²) in [4.78, 5) is 0. The minimum atomic E-state index is -0.358. The number of rotatable bonds is 4. The third kappa shape index (κ3) is 2.50. The number of hydrogen-bond acceptors (Lipinski definition) is 4. The molecule has 0 unspecified atom stereocenters. The molecule has 0 atom stereocenters. The lowest BCUT2D eigenvalue weighted by Crippen LogP contribution is -2.09. The fraction of sp³-hybridized carbons (Fsp3) is 0.300. The van der Waals surface area contributed by atoms with E-state index in [4.69, 9.17) is 5.73 Å². The van der Waals surface area contributed by atoms with Gasteiger partial charge in [-0.2, -0.15) is 0 Å². The Morgan fingerprint density at radius 3 is 2.94 bits per heavy atom. The maximum absolute atomic E-state index is 13.8. The van der Waals surface area contributed by atoms with Crippen LogP contribution in [0.4, 0.5) is 4.39 Å². The number of hydrogen-bond donors (Lipinski definition) is 1. The van der Waals surface area contributed by atoms with Crippen LogP contribution < -0.4 is 5.73 Å². The summed E-state index contributed by atoms with van der Waals surface area (Å²) in [5.74, 6) is 0.0478. The predicted molar refractivity (Wildman–Crippen MR) is 64.6 cm³/mol. The van der Waals surface area contributed by atoms with Gasteiger partial charge in [-0.3, -0.25) is 0 Å². The second-order valence-corrected chi connectivity index (χ2v) is 4.32. The topological polar surface area (TPSA) is 69.6 Å². The minimum Gasteiger partial charge on any atom is -0.330 e. The summed E-state index contributed by atoms with van der Waals surface area (Å²) >= 11 is 3.30. The normalized spacial score (nSPS) is 10.8. The van der Waals surface area contributed by atoms with E-state index in [2.05, 4.69) is 31.5 Å². The Morgan fingerprint density at radius 2 is 2.24 bits per heavy atom. The van der Waals surface area contributed by atoms with Gasteiger partial charge in [0, 0.05) is 11.0 Å². The average molecular weight is 300 g/mol. The molecule has 2 N–H and O–H groups in total. The van der Waals surface area contributed by atoms with Crippen molar-refractivity contribution < 1.29 is 4.39 Å². The van der Waals surface area contributed by atoms with Crippen molar-refractivity contribution in [3.63, 3.8) is 0 Å². The summed E-state index contributed by atoms with van der Waals surface area (Å²) in [6, 6.07) is 4.75. The Hall–Kier alpha value is -1.34. The maximum Gasteiger partial charge on any atom is 0.186 e. The van der Waals surface area contributed by atoms with Gasteiger partial charge in [0.05, 0.1) is 5.56 Å². The van der Waals surface area contributed by atoms with E-state index in [0.29, 0.717) is 29.0 Å². The maximum atomic E-state index is 13.8. The first-order chi connectivity index (χ1) is 8.24. The molecule has 2 aromatic rings. The van der Waals surface area contributed by atoms with Crippen LogP contribution >= 0.6 is 15.9 Å². The lowest BCUT2D eigenvalue weighted by Gasteiger charge is -2.06. The van der Waals surface area contributed by atoms with Gasteiger partial charge in [0.1, 0.15) is 5.82 Å². The molecule has 17 heavy (non-hydrogen) atoms. The van der Waals surface area contributed by atoms with Crippen LogP contribution in [0.3, 0.4) is 0 Å². The standard InChI is InChI=1S/C10H11BrFN5/c11-7-3-1-4-8(12)9(7)10-14-15-16-17(10)6-2-5-13/h1,3-4H,2,5-6,13H2. The molecule has 1 heterocycles. The molecule has 1 aromatic carbocycles. The number of nitrogens with zero attached hydrogens (tertiary/aromatic N) is 4. The zero-order valence-electron chi connectivity index (χ0n) is 8.98. The molecular formula is C10H11BrFN5. The molecule has 2 rings (SSSR count). The van der Waals surface area contributed by atoms with Gasteiger partial charge in [-0.05, 0) is 51.5 Å². The van der Waals surface area contributed by atoms with E-state index in [9.17, 15) is 4.39 Å². The molecule has 90 valence electrons. The molecule has 7 heteroatoms. The van der Waals surface area contributed by atoms with Crippen molar-refractivity contribution in [1.29, 1.82) is 0 Å². The molecule has 1 aromatic heterocycles. The Labute approximate surface area is 106 Å². The smallest absolute Gasteiger partial charge is 0.186 e. The zero-order valence-corrected chi connectivity index (χ0v) is 10.6. The molecule has 0 saturated carbocycles. The van der Waals surface area contributed by atoms with Gasteiger partial charge in [0.25, 0.3) is 0 Å². The van der Waals surface area contributed by atoms with Crippen LogP contribution in [0.25, 0.3) is 11.4 Å². The van der Waals surface area contributed by atoms with E-state index >= 15 is 0 Å². The summed E-state index contributed by atoms with van der Waals surface area (Å²) < 4.78 is 15.9. The van der Waals surface area contributed by atoms with Crippen molar-refractivity contribution >= 4 is 15.9 Å². The fourth-order valence-corrected chi connectivity index (χ4v) is 2.01. The summed E-state index contributed by atoms with van der Waals surface area (Å²) in [6.07, 6.45) is 0.740. The largest absolute Gasteiger partial charge is 0.330 e. The molecule has 0 aliphatic heterocycles. The van der Waals surface area contributed by atoms with Crippen molar-refractivity contribution in [1.82, 2.24) is 20.2 Å². The highest BCUT2D eigenvalue weighted by atomic mass is 79.9. The third-order valence-corrected chi connectivity index (χ3v) is 2.95. The van der Waals surface area contributed by atoms with E-state index in [1.54, 1.807) is 16.8 Å². The second kappa shape index (κ2) is 5.33. The SMILES string of the molecule is NCCCn1nnnc1-c1c(F)cccc1Br. The molecule has 0 spiro atoms. The summed E-state index contributed by atoms with van der Waals surface area (Å²) in [6.45, 7) is 1.11. The quantitative estimate of drug-likeness (QED) is 0.931. The molecule has 0 aliphatic carbocycles. The Morgan fingerprint density at radius 1 is 1.41 bits per heavy atom. The molecule has 0 saturated heterocycles. The molecule has 0 radical (unpaired) electrons. The van der Waals surface area contributed by atoms with Crippen molar-refractivity contribution in [3.8, 4) is 11.4 Å². The Bertz CT molecular complexity index is 493. The lowest BCUT2D eigenvalue weighted by molar-refractivity contribution is 0.564. The number of nitrogens with two attached hydrogens (primary N) is 1.